The first-order valence-electron chi connectivity index (χ1n) is 8.38. The zero-order chi connectivity index (χ0) is 21.6. The Hall–Kier alpha value is -3.40. The van der Waals surface area contributed by atoms with E-state index in [0.717, 1.165) is 24.3 Å². The van der Waals surface area contributed by atoms with E-state index in [1.165, 1.54) is 19.1 Å². The highest BCUT2D eigenvalue weighted by Gasteiger charge is 2.30. The summed E-state index contributed by atoms with van der Waals surface area (Å²) in [7, 11) is 0. The summed E-state index contributed by atoms with van der Waals surface area (Å²) in [5.41, 5.74) is -0.0202. The zero-order valence-corrected chi connectivity index (χ0v) is 15.2. The number of hydrogen-bond acceptors (Lipinski definition) is 4. The number of amides is 3. The predicted octanol–water partition coefficient (Wildman–Crippen LogP) is 2.45. The van der Waals surface area contributed by atoms with Crippen LogP contribution in [0.15, 0.2) is 48.5 Å². The van der Waals surface area contributed by atoms with Crippen LogP contribution in [0.1, 0.15) is 24.2 Å². The van der Waals surface area contributed by atoms with Crippen molar-refractivity contribution in [3.05, 3.63) is 59.7 Å². The van der Waals surface area contributed by atoms with E-state index >= 15 is 0 Å². The molecular weight excluding hydrogens is 391 g/mol. The molecular formula is C19H18F3N3O4. The van der Waals surface area contributed by atoms with Gasteiger partial charge in [0.25, 0.3) is 0 Å². The molecule has 0 heterocycles. The summed E-state index contributed by atoms with van der Waals surface area (Å²) in [6, 6.07) is 9.92. The van der Waals surface area contributed by atoms with Crippen molar-refractivity contribution < 1.29 is 32.7 Å². The topological polar surface area (TPSA) is 108 Å². The third-order valence-electron chi connectivity index (χ3n) is 3.73. The van der Waals surface area contributed by atoms with Gasteiger partial charge < -0.3 is 21.1 Å². The lowest BCUT2D eigenvalue weighted by Crippen LogP contribution is -2.37. The van der Waals surface area contributed by atoms with Gasteiger partial charge >= 0.3 is 18.0 Å². The van der Waals surface area contributed by atoms with Gasteiger partial charge in [-0.2, -0.15) is 13.2 Å². The van der Waals surface area contributed by atoms with Crippen molar-refractivity contribution in [1.82, 2.24) is 5.32 Å². The summed E-state index contributed by atoms with van der Waals surface area (Å²) in [6.45, 7) is 0.949. The number of rotatable bonds is 5. The predicted molar refractivity (Wildman–Crippen MR) is 98.8 cm³/mol. The van der Waals surface area contributed by atoms with E-state index in [2.05, 4.69) is 16.0 Å². The minimum Gasteiger partial charge on any atom is -0.387 e. The Morgan fingerprint density at radius 1 is 0.966 bits per heavy atom. The Morgan fingerprint density at radius 2 is 1.55 bits per heavy atom. The molecule has 0 aliphatic carbocycles. The fraction of sp³-hybridized carbons (Fsp3) is 0.211. The van der Waals surface area contributed by atoms with Crippen molar-refractivity contribution >= 4 is 29.1 Å². The number of anilines is 2. The Labute approximate surface area is 163 Å². The van der Waals surface area contributed by atoms with Gasteiger partial charge in [-0.1, -0.05) is 18.2 Å². The minimum atomic E-state index is -4.49. The summed E-state index contributed by atoms with van der Waals surface area (Å²) in [6.07, 6.45) is -5.79. The number of hydrogen-bond donors (Lipinski definition) is 4. The number of alkyl halides is 3. The molecule has 0 aliphatic heterocycles. The van der Waals surface area contributed by atoms with Crippen LogP contribution in [0.5, 0.6) is 0 Å². The fourth-order valence-electron chi connectivity index (χ4n) is 2.35. The Kier molecular flexibility index (Phi) is 6.94. The molecule has 0 spiro atoms. The highest BCUT2D eigenvalue weighted by atomic mass is 19.4. The second-order valence-electron chi connectivity index (χ2n) is 6.06. The molecule has 0 saturated carbocycles. The first kappa shape index (κ1) is 21.9. The van der Waals surface area contributed by atoms with Crippen LogP contribution in [-0.4, -0.2) is 29.4 Å². The van der Waals surface area contributed by atoms with E-state index < -0.39 is 29.7 Å². The van der Waals surface area contributed by atoms with Crippen LogP contribution in [0.25, 0.3) is 0 Å². The smallest absolute Gasteiger partial charge is 0.387 e. The van der Waals surface area contributed by atoms with Crippen LogP contribution >= 0.6 is 0 Å². The molecule has 0 saturated heterocycles. The van der Waals surface area contributed by atoms with Crippen LogP contribution in [0.3, 0.4) is 0 Å². The van der Waals surface area contributed by atoms with E-state index in [9.17, 15) is 32.7 Å². The molecule has 4 N–H and O–H groups in total. The first-order valence-corrected chi connectivity index (χ1v) is 8.38. The number of carbonyl (C=O) groups excluding carboxylic acids is 3. The van der Waals surface area contributed by atoms with Gasteiger partial charge in [0, 0.05) is 24.8 Å². The van der Waals surface area contributed by atoms with Crippen LogP contribution in [0.2, 0.25) is 0 Å². The van der Waals surface area contributed by atoms with Gasteiger partial charge in [-0.3, -0.25) is 14.4 Å². The normalized spacial score (nSPS) is 12.0. The number of carbonyl (C=O) groups is 3. The Bertz CT molecular complexity index is 898. The maximum Gasteiger partial charge on any atom is 0.416 e. The van der Waals surface area contributed by atoms with Crippen LogP contribution in [0.4, 0.5) is 24.5 Å². The maximum absolute atomic E-state index is 12.5. The molecule has 0 aromatic heterocycles. The molecule has 29 heavy (non-hydrogen) atoms. The third kappa shape index (κ3) is 6.61. The summed E-state index contributed by atoms with van der Waals surface area (Å²) in [5, 5.41) is 17.0. The average molecular weight is 409 g/mol. The lowest BCUT2D eigenvalue weighted by molar-refractivity contribution is -0.137. The number of aliphatic hydroxyl groups excluding tert-OH is 1. The van der Waals surface area contributed by atoms with Gasteiger partial charge in [-0.05, 0) is 35.9 Å². The molecule has 154 valence electrons. The van der Waals surface area contributed by atoms with Crippen molar-refractivity contribution in [3.63, 3.8) is 0 Å². The second kappa shape index (κ2) is 9.20. The van der Waals surface area contributed by atoms with Gasteiger partial charge in [0.15, 0.2) is 0 Å². The van der Waals surface area contributed by atoms with Crippen LogP contribution < -0.4 is 16.0 Å². The number of nitrogens with one attached hydrogen (secondary N) is 3. The SMILES string of the molecule is CC(=O)Nc1cccc(NC(=O)C(=O)NC[C@H](O)c2ccc(C(F)(F)F)cc2)c1. The molecule has 2 aromatic carbocycles. The molecule has 1 atom stereocenters. The monoisotopic (exact) mass is 409 g/mol. The Morgan fingerprint density at radius 3 is 2.10 bits per heavy atom. The zero-order valence-electron chi connectivity index (χ0n) is 15.2. The first-order chi connectivity index (χ1) is 13.6. The van der Waals surface area contributed by atoms with Gasteiger partial charge in [0.05, 0.1) is 11.7 Å². The van der Waals surface area contributed by atoms with E-state index in [0.29, 0.717) is 5.69 Å². The van der Waals surface area contributed by atoms with Crippen LogP contribution in [-0.2, 0) is 20.6 Å². The molecule has 10 heteroatoms. The lowest BCUT2D eigenvalue weighted by Gasteiger charge is -2.14. The quantitative estimate of drug-likeness (QED) is 0.569. The molecule has 0 bridgehead atoms. The minimum absolute atomic E-state index is 0.154. The van der Waals surface area contributed by atoms with Crippen LogP contribution in [0, 0.1) is 0 Å². The second-order valence-corrected chi connectivity index (χ2v) is 6.06. The van der Waals surface area contributed by atoms with Crippen molar-refractivity contribution in [3.8, 4) is 0 Å². The van der Waals surface area contributed by atoms with Crippen molar-refractivity contribution in [2.45, 2.75) is 19.2 Å². The molecule has 0 aliphatic rings. The summed E-state index contributed by atoms with van der Waals surface area (Å²) >= 11 is 0. The lowest BCUT2D eigenvalue weighted by atomic mass is 10.1. The Balaban J connectivity index is 1.89. The van der Waals surface area contributed by atoms with E-state index in [1.807, 2.05) is 0 Å². The van der Waals surface area contributed by atoms with Gasteiger partial charge in [0.2, 0.25) is 5.91 Å². The molecule has 2 aromatic rings. The highest BCUT2D eigenvalue weighted by Crippen LogP contribution is 2.29. The van der Waals surface area contributed by atoms with Gasteiger partial charge in [-0.15, -0.1) is 0 Å². The number of halogens is 3. The molecule has 0 radical (unpaired) electrons. The largest absolute Gasteiger partial charge is 0.416 e. The average Bonchev–Trinajstić information content (AvgIpc) is 2.65. The molecule has 0 fully saturated rings. The van der Waals surface area contributed by atoms with E-state index in [4.69, 9.17) is 0 Å². The van der Waals surface area contributed by atoms with Crippen molar-refractivity contribution in [1.29, 1.82) is 0 Å². The van der Waals surface area contributed by atoms with Gasteiger partial charge in [-0.25, -0.2) is 0 Å². The van der Waals surface area contributed by atoms with Crippen molar-refractivity contribution in [2.24, 2.45) is 0 Å². The summed E-state index contributed by atoms with van der Waals surface area (Å²) < 4.78 is 37.6. The van der Waals surface area contributed by atoms with E-state index in [-0.39, 0.29) is 23.7 Å². The van der Waals surface area contributed by atoms with Crippen molar-refractivity contribution in [2.75, 3.05) is 17.2 Å². The fourth-order valence-corrected chi connectivity index (χ4v) is 2.35. The number of aliphatic hydroxyl groups is 1. The standard InChI is InChI=1S/C19H18F3N3O4/c1-11(26)24-14-3-2-4-15(9-14)25-18(29)17(28)23-10-16(27)12-5-7-13(8-6-12)19(20,21)22/h2-9,16,27H,10H2,1H3,(H,23,28)(H,24,26)(H,25,29)/t16-/m0/s1. The molecule has 0 unspecified atom stereocenters. The molecule has 7 nitrogen and oxygen atoms in total. The maximum atomic E-state index is 12.5. The summed E-state index contributed by atoms with van der Waals surface area (Å²) in [4.78, 5) is 34.9. The van der Waals surface area contributed by atoms with Gasteiger partial charge in [0.1, 0.15) is 0 Å². The third-order valence-corrected chi connectivity index (χ3v) is 3.73. The molecule has 3 amide bonds. The summed E-state index contributed by atoms with van der Waals surface area (Å²) in [5.74, 6) is -2.35. The molecule has 2 rings (SSSR count). The highest BCUT2D eigenvalue weighted by molar-refractivity contribution is 6.39. The number of benzene rings is 2. The van der Waals surface area contributed by atoms with E-state index in [1.54, 1.807) is 12.1 Å².